The average molecular weight is 378 g/mol. The van der Waals surface area contributed by atoms with Crippen LogP contribution in [0, 0.1) is 0 Å². The molecule has 0 atom stereocenters. The van der Waals surface area contributed by atoms with E-state index in [1.54, 1.807) is 30.3 Å². The van der Waals surface area contributed by atoms with Gasteiger partial charge in [-0.3, -0.25) is 9.52 Å². The molecule has 0 aliphatic carbocycles. The van der Waals surface area contributed by atoms with Crippen molar-refractivity contribution in [2.45, 2.75) is 25.7 Å². The summed E-state index contributed by atoms with van der Waals surface area (Å²) in [4.78, 5) is 11.1. The Kier molecular flexibility index (Phi) is 6.46. The quantitative estimate of drug-likeness (QED) is 0.735. The highest BCUT2D eigenvalue weighted by Crippen LogP contribution is 2.31. The van der Waals surface area contributed by atoms with Crippen LogP contribution < -0.4 is 19.5 Å². The first-order valence-corrected chi connectivity index (χ1v) is 9.64. The Balaban J connectivity index is 2.23. The first-order valence-electron chi connectivity index (χ1n) is 8.15. The second-order valence-electron chi connectivity index (χ2n) is 5.34. The summed E-state index contributed by atoms with van der Waals surface area (Å²) in [6.45, 7) is 5.89. The maximum Gasteiger partial charge on any atom is 0.262 e. The molecule has 0 spiro atoms. The lowest BCUT2D eigenvalue weighted by Gasteiger charge is -2.13. The monoisotopic (exact) mass is 378 g/mol. The minimum absolute atomic E-state index is 0.0651. The highest BCUT2D eigenvalue weighted by atomic mass is 32.2. The van der Waals surface area contributed by atoms with Gasteiger partial charge < -0.3 is 14.8 Å². The van der Waals surface area contributed by atoms with Crippen LogP contribution in [0.2, 0.25) is 0 Å². The second-order valence-corrected chi connectivity index (χ2v) is 7.02. The lowest BCUT2D eigenvalue weighted by Crippen LogP contribution is -2.13. The normalized spacial score (nSPS) is 10.9. The molecule has 0 fully saturated rings. The van der Waals surface area contributed by atoms with Crippen LogP contribution in [0.4, 0.5) is 11.4 Å². The fourth-order valence-corrected chi connectivity index (χ4v) is 3.31. The highest BCUT2D eigenvalue weighted by molar-refractivity contribution is 7.92. The van der Waals surface area contributed by atoms with E-state index in [0.29, 0.717) is 36.1 Å². The van der Waals surface area contributed by atoms with Crippen molar-refractivity contribution in [3.63, 3.8) is 0 Å². The largest absolute Gasteiger partial charge is 0.490 e. The summed E-state index contributed by atoms with van der Waals surface area (Å²) in [6, 6.07) is 10.8. The molecular formula is C18H22N2O5S. The Morgan fingerprint density at radius 2 is 1.50 bits per heavy atom. The van der Waals surface area contributed by atoms with Crippen LogP contribution in [0.25, 0.3) is 0 Å². The zero-order chi connectivity index (χ0) is 19.2. The van der Waals surface area contributed by atoms with Crippen molar-refractivity contribution in [1.82, 2.24) is 0 Å². The van der Waals surface area contributed by atoms with E-state index < -0.39 is 10.0 Å². The molecule has 2 aromatic rings. The Hall–Kier alpha value is -2.74. The van der Waals surface area contributed by atoms with Crippen LogP contribution in [0.5, 0.6) is 11.5 Å². The molecule has 2 aromatic carbocycles. The molecule has 0 aromatic heterocycles. The predicted octanol–water partition coefficient (Wildman–Crippen LogP) is 3.24. The number of rotatable bonds is 8. The lowest BCUT2D eigenvalue weighted by molar-refractivity contribution is -0.114. The summed E-state index contributed by atoms with van der Waals surface area (Å²) >= 11 is 0. The van der Waals surface area contributed by atoms with Gasteiger partial charge in [0.25, 0.3) is 10.0 Å². The maximum atomic E-state index is 12.6. The molecular weight excluding hydrogens is 356 g/mol. The summed E-state index contributed by atoms with van der Waals surface area (Å²) in [5, 5.41) is 2.62. The highest BCUT2D eigenvalue weighted by Gasteiger charge is 2.17. The summed E-state index contributed by atoms with van der Waals surface area (Å²) in [6.07, 6.45) is 0. The lowest BCUT2D eigenvalue weighted by atomic mass is 10.3. The zero-order valence-electron chi connectivity index (χ0n) is 14.9. The number of nitrogens with one attached hydrogen (secondary N) is 2. The fraction of sp³-hybridized carbons (Fsp3) is 0.278. The van der Waals surface area contributed by atoms with Crippen molar-refractivity contribution < 1.29 is 22.7 Å². The first kappa shape index (κ1) is 19.6. The number of sulfonamides is 1. The molecule has 1 amide bonds. The Labute approximate surface area is 153 Å². The van der Waals surface area contributed by atoms with Crippen LogP contribution in [-0.4, -0.2) is 27.5 Å². The molecule has 2 rings (SSSR count). The van der Waals surface area contributed by atoms with Crippen molar-refractivity contribution >= 4 is 27.3 Å². The van der Waals surface area contributed by atoms with Gasteiger partial charge in [0.2, 0.25) is 5.91 Å². The molecule has 140 valence electrons. The molecule has 8 heteroatoms. The van der Waals surface area contributed by atoms with Gasteiger partial charge >= 0.3 is 0 Å². The summed E-state index contributed by atoms with van der Waals surface area (Å²) < 4.78 is 38.6. The minimum Gasteiger partial charge on any atom is -0.490 e. The number of benzene rings is 2. The molecule has 0 unspecified atom stereocenters. The zero-order valence-corrected chi connectivity index (χ0v) is 15.7. The van der Waals surface area contributed by atoms with E-state index in [1.165, 1.54) is 19.1 Å². The van der Waals surface area contributed by atoms with Crippen molar-refractivity contribution in [2.24, 2.45) is 0 Å². The van der Waals surface area contributed by atoms with Crippen LogP contribution >= 0.6 is 0 Å². The van der Waals surface area contributed by atoms with E-state index in [-0.39, 0.29) is 10.8 Å². The Morgan fingerprint density at radius 3 is 2.08 bits per heavy atom. The van der Waals surface area contributed by atoms with E-state index >= 15 is 0 Å². The van der Waals surface area contributed by atoms with Crippen LogP contribution in [-0.2, 0) is 14.8 Å². The molecule has 0 aliphatic rings. The van der Waals surface area contributed by atoms with E-state index in [2.05, 4.69) is 10.0 Å². The number of carbonyl (C=O) groups is 1. The minimum atomic E-state index is -3.79. The van der Waals surface area contributed by atoms with Gasteiger partial charge in [-0.1, -0.05) is 0 Å². The van der Waals surface area contributed by atoms with Gasteiger partial charge in [-0.2, -0.15) is 0 Å². The number of amides is 1. The molecule has 0 saturated carbocycles. The van der Waals surface area contributed by atoms with Gasteiger partial charge in [-0.15, -0.1) is 0 Å². The fourth-order valence-electron chi connectivity index (χ4n) is 2.24. The molecule has 7 nitrogen and oxygen atoms in total. The summed E-state index contributed by atoms with van der Waals surface area (Å²) in [7, 11) is -3.79. The van der Waals surface area contributed by atoms with Gasteiger partial charge in [0.15, 0.2) is 11.5 Å². The number of ether oxygens (including phenoxy) is 2. The van der Waals surface area contributed by atoms with Gasteiger partial charge in [0.05, 0.1) is 18.1 Å². The molecule has 26 heavy (non-hydrogen) atoms. The third-order valence-corrected chi connectivity index (χ3v) is 4.66. The Bertz CT molecular complexity index is 864. The molecule has 2 N–H and O–H groups in total. The second kappa shape index (κ2) is 8.57. The summed E-state index contributed by atoms with van der Waals surface area (Å²) in [5.74, 6) is 0.669. The SMILES string of the molecule is CCOc1ccc(S(=O)(=O)Nc2ccc(NC(C)=O)cc2)cc1OCC. The first-order chi connectivity index (χ1) is 12.4. The van der Waals surface area contributed by atoms with Gasteiger partial charge in [0, 0.05) is 24.4 Å². The van der Waals surface area contributed by atoms with E-state index in [4.69, 9.17) is 9.47 Å². The molecule has 0 bridgehead atoms. The van der Waals surface area contributed by atoms with E-state index in [0.717, 1.165) is 0 Å². The number of hydrogen-bond acceptors (Lipinski definition) is 5. The van der Waals surface area contributed by atoms with Crippen molar-refractivity contribution in [3.05, 3.63) is 42.5 Å². The van der Waals surface area contributed by atoms with E-state index in [9.17, 15) is 13.2 Å². The van der Waals surface area contributed by atoms with Crippen LogP contribution in [0.15, 0.2) is 47.4 Å². The third kappa shape index (κ3) is 5.13. The van der Waals surface area contributed by atoms with Crippen LogP contribution in [0.1, 0.15) is 20.8 Å². The molecule has 0 radical (unpaired) electrons. The van der Waals surface area contributed by atoms with Crippen LogP contribution in [0.3, 0.4) is 0 Å². The van der Waals surface area contributed by atoms with Crippen molar-refractivity contribution in [3.8, 4) is 11.5 Å². The van der Waals surface area contributed by atoms with Gasteiger partial charge in [-0.05, 0) is 50.2 Å². The third-order valence-electron chi connectivity index (χ3n) is 3.28. The summed E-state index contributed by atoms with van der Waals surface area (Å²) in [5.41, 5.74) is 0.964. The number of carbonyl (C=O) groups excluding carboxylic acids is 1. The Morgan fingerprint density at radius 1 is 0.923 bits per heavy atom. The molecule has 0 aliphatic heterocycles. The van der Waals surface area contributed by atoms with Gasteiger partial charge in [-0.25, -0.2) is 8.42 Å². The van der Waals surface area contributed by atoms with Crippen molar-refractivity contribution in [1.29, 1.82) is 0 Å². The topological polar surface area (TPSA) is 93.7 Å². The maximum absolute atomic E-state index is 12.6. The van der Waals surface area contributed by atoms with Gasteiger partial charge in [0.1, 0.15) is 0 Å². The van der Waals surface area contributed by atoms with Crippen molar-refractivity contribution in [2.75, 3.05) is 23.3 Å². The number of hydrogen-bond donors (Lipinski definition) is 2. The standard InChI is InChI=1S/C18H22N2O5S/c1-4-24-17-11-10-16(12-18(17)25-5-2)26(22,23)20-15-8-6-14(7-9-15)19-13(3)21/h6-12,20H,4-5H2,1-3H3,(H,19,21). The average Bonchev–Trinajstić information content (AvgIpc) is 2.58. The van der Waals surface area contributed by atoms with E-state index in [1.807, 2.05) is 13.8 Å². The smallest absolute Gasteiger partial charge is 0.262 e. The number of anilines is 2. The molecule has 0 saturated heterocycles. The molecule has 0 heterocycles. The predicted molar refractivity (Wildman–Crippen MR) is 100 cm³/mol.